The van der Waals surface area contributed by atoms with E-state index in [-0.39, 0.29) is 6.23 Å². The molecule has 1 aliphatic carbocycles. The van der Waals surface area contributed by atoms with Crippen LogP contribution in [0.5, 0.6) is 0 Å². The van der Waals surface area contributed by atoms with Gasteiger partial charge in [0.1, 0.15) is 6.23 Å². The minimum Gasteiger partial charge on any atom is -0.341 e. The summed E-state index contributed by atoms with van der Waals surface area (Å²) in [6.45, 7) is 2.93. The Morgan fingerprint density at radius 1 is 1.38 bits per heavy atom. The van der Waals surface area contributed by atoms with Crippen LogP contribution in [0.1, 0.15) is 0 Å². The molecule has 3 unspecified atom stereocenters. The number of rotatable bonds is 2. The molecule has 2 saturated heterocycles. The van der Waals surface area contributed by atoms with E-state index in [1.54, 1.807) is 0 Å². The summed E-state index contributed by atoms with van der Waals surface area (Å²) in [4.78, 5) is 0. The molecule has 0 aromatic heterocycles. The van der Waals surface area contributed by atoms with Gasteiger partial charge in [0.25, 0.3) is 0 Å². The predicted octanol–water partition coefficient (Wildman–Crippen LogP) is -0.466. The lowest BCUT2D eigenvalue weighted by atomic mass is 10.3. The van der Waals surface area contributed by atoms with Gasteiger partial charge in [0.2, 0.25) is 6.29 Å². The van der Waals surface area contributed by atoms with Crippen LogP contribution in [0.25, 0.3) is 0 Å². The molecule has 1 radical (unpaired) electrons. The molecule has 3 aliphatic rings. The summed E-state index contributed by atoms with van der Waals surface area (Å²) >= 11 is 0. The maximum Gasteiger partial charge on any atom is 0.229 e. The zero-order valence-corrected chi connectivity index (χ0v) is 7.75. The molecule has 4 nitrogen and oxygen atoms in total. The Morgan fingerprint density at radius 2 is 2.15 bits per heavy atom. The van der Waals surface area contributed by atoms with Gasteiger partial charge in [0, 0.05) is 5.92 Å². The monoisotopic (exact) mass is 183 g/mol. The minimum absolute atomic E-state index is 0.0734. The van der Waals surface area contributed by atoms with Crippen molar-refractivity contribution in [2.24, 2.45) is 17.8 Å². The van der Waals surface area contributed by atoms with Crippen LogP contribution in [-0.4, -0.2) is 33.0 Å². The Labute approximate surface area is 78.0 Å². The smallest absolute Gasteiger partial charge is 0.229 e. The molecule has 0 aromatic carbocycles. The lowest BCUT2D eigenvalue weighted by Gasteiger charge is -2.10. The third kappa shape index (κ3) is 1.21. The highest BCUT2D eigenvalue weighted by Crippen LogP contribution is 2.55. The van der Waals surface area contributed by atoms with Gasteiger partial charge in [0.15, 0.2) is 0 Å². The fraction of sp³-hybridized carbons (Fsp3) is 0.889. The molecule has 0 spiro atoms. The van der Waals surface area contributed by atoms with Crippen molar-refractivity contribution in [2.75, 3.05) is 26.7 Å². The quantitative estimate of drug-likeness (QED) is 0.607. The van der Waals surface area contributed by atoms with E-state index in [1.807, 2.05) is 7.05 Å². The van der Waals surface area contributed by atoms with E-state index in [2.05, 4.69) is 10.6 Å². The molecule has 2 heterocycles. The molecule has 0 bridgehead atoms. The Kier molecular flexibility index (Phi) is 1.83. The fourth-order valence-electron chi connectivity index (χ4n) is 2.45. The van der Waals surface area contributed by atoms with Crippen LogP contribution in [0.2, 0.25) is 0 Å². The minimum atomic E-state index is 0.0734. The molecule has 2 aliphatic heterocycles. The Bertz CT molecular complexity index is 202. The Hall–Kier alpha value is -0.160. The average molecular weight is 183 g/mol. The number of ether oxygens (including phenoxy) is 2. The SMILES string of the molecule is CNC1CO[C](C2C3CNCC32)O1. The van der Waals surface area contributed by atoms with Gasteiger partial charge in [-0.3, -0.25) is 5.32 Å². The van der Waals surface area contributed by atoms with Gasteiger partial charge in [-0.25, -0.2) is 0 Å². The number of hydrogen-bond donors (Lipinski definition) is 2. The van der Waals surface area contributed by atoms with Crippen molar-refractivity contribution >= 4 is 0 Å². The third-order valence-electron chi connectivity index (χ3n) is 3.32. The van der Waals surface area contributed by atoms with Crippen LogP contribution in [0, 0.1) is 24.0 Å². The van der Waals surface area contributed by atoms with Crippen molar-refractivity contribution in [1.29, 1.82) is 0 Å². The molecule has 1 saturated carbocycles. The average Bonchev–Trinajstić information content (AvgIpc) is 2.65. The van der Waals surface area contributed by atoms with Gasteiger partial charge < -0.3 is 14.8 Å². The molecule has 4 heteroatoms. The lowest BCUT2D eigenvalue weighted by Crippen LogP contribution is -2.27. The van der Waals surface area contributed by atoms with Crippen molar-refractivity contribution < 1.29 is 9.47 Å². The molecule has 0 aromatic rings. The van der Waals surface area contributed by atoms with E-state index in [4.69, 9.17) is 9.47 Å². The Morgan fingerprint density at radius 3 is 2.77 bits per heavy atom. The molecule has 3 atom stereocenters. The first kappa shape index (κ1) is 8.17. The second-order valence-corrected chi connectivity index (χ2v) is 4.04. The highest BCUT2D eigenvalue weighted by Gasteiger charge is 2.59. The zero-order valence-electron chi connectivity index (χ0n) is 7.75. The highest BCUT2D eigenvalue weighted by molar-refractivity contribution is 5.11. The molecule has 3 fully saturated rings. The van der Waals surface area contributed by atoms with Crippen LogP contribution in [-0.2, 0) is 9.47 Å². The molecule has 3 rings (SSSR count). The van der Waals surface area contributed by atoms with Gasteiger partial charge in [0.05, 0.1) is 6.61 Å². The van der Waals surface area contributed by atoms with Crippen LogP contribution in [0.15, 0.2) is 0 Å². The first-order valence-electron chi connectivity index (χ1n) is 4.94. The molecule has 13 heavy (non-hydrogen) atoms. The largest absolute Gasteiger partial charge is 0.341 e. The van der Waals surface area contributed by atoms with Crippen molar-refractivity contribution in [3.05, 3.63) is 6.29 Å². The summed E-state index contributed by atoms with van der Waals surface area (Å²) in [7, 11) is 1.90. The predicted molar refractivity (Wildman–Crippen MR) is 46.5 cm³/mol. The van der Waals surface area contributed by atoms with Crippen LogP contribution in [0.4, 0.5) is 0 Å². The molecule has 0 amide bonds. The fourth-order valence-corrected chi connectivity index (χ4v) is 2.45. The molecular weight excluding hydrogens is 168 g/mol. The number of piperidine rings is 1. The number of fused-ring (bicyclic) bond motifs is 1. The van der Waals surface area contributed by atoms with Crippen LogP contribution >= 0.6 is 0 Å². The van der Waals surface area contributed by atoms with Crippen molar-refractivity contribution in [3.63, 3.8) is 0 Å². The Balaban J connectivity index is 1.57. The van der Waals surface area contributed by atoms with E-state index in [9.17, 15) is 0 Å². The van der Waals surface area contributed by atoms with Gasteiger partial charge in [-0.2, -0.15) is 0 Å². The molecular formula is C9H15N2O2. The second-order valence-electron chi connectivity index (χ2n) is 4.04. The lowest BCUT2D eigenvalue weighted by molar-refractivity contribution is 0.0222. The number of likely N-dealkylation sites (N-methyl/N-ethyl adjacent to an activating group) is 1. The summed E-state index contributed by atoms with van der Waals surface area (Å²) < 4.78 is 11.1. The number of hydrogen-bond acceptors (Lipinski definition) is 4. The first-order chi connectivity index (χ1) is 6.40. The van der Waals surface area contributed by atoms with Crippen molar-refractivity contribution in [2.45, 2.75) is 6.23 Å². The van der Waals surface area contributed by atoms with E-state index < -0.39 is 0 Å². The van der Waals surface area contributed by atoms with Gasteiger partial charge >= 0.3 is 0 Å². The summed E-state index contributed by atoms with van der Waals surface area (Å²) in [5, 5.41) is 6.42. The normalized spacial score (nSPS) is 49.6. The first-order valence-corrected chi connectivity index (χ1v) is 4.94. The van der Waals surface area contributed by atoms with Gasteiger partial charge in [-0.1, -0.05) is 0 Å². The zero-order chi connectivity index (χ0) is 8.84. The summed E-state index contributed by atoms with van der Waals surface area (Å²) in [5.41, 5.74) is 0. The summed E-state index contributed by atoms with van der Waals surface area (Å²) in [5.74, 6) is 2.15. The molecule has 2 N–H and O–H groups in total. The summed E-state index contributed by atoms with van der Waals surface area (Å²) in [6.07, 6.45) is 0.958. The van der Waals surface area contributed by atoms with Crippen molar-refractivity contribution in [3.8, 4) is 0 Å². The number of nitrogens with one attached hydrogen (secondary N) is 2. The van der Waals surface area contributed by atoms with Gasteiger partial charge in [-0.15, -0.1) is 0 Å². The standard InChI is InChI=1S/C9H15N2O2/c1-10-7-4-12-9(13-7)8-5-2-11-3-6(5)8/h5-8,10-11H,2-4H2,1H3. The van der Waals surface area contributed by atoms with E-state index in [0.717, 1.165) is 31.2 Å². The van der Waals surface area contributed by atoms with E-state index >= 15 is 0 Å². The van der Waals surface area contributed by atoms with Crippen LogP contribution < -0.4 is 10.6 Å². The molecule has 73 valence electrons. The van der Waals surface area contributed by atoms with E-state index in [0.29, 0.717) is 12.5 Å². The maximum atomic E-state index is 5.63. The topological polar surface area (TPSA) is 42.5 Å². The second kappa shape index (κ2) is 2.92. The highest BCUT2D eigenvalue weighted by atomic mass is 16.7. The van der Waals surface area contributed by atoms with E-state index in [1.165, 1.54) is 0 Å². The summed E-state index contributed by atoms with van der Waals surface area (Å²) in [6, 6.07) is 0. The van der Waals surface area contributed by atoms with Crippen LogP contribution in [0.3, 0.4) is 0 Å². The van der Waals surface area contributed by atoms with Crippen molar-refractivity contribution in [1.82, 2.24) is 10.6 Å². The maximum absolute atomic E-state index is 5.63. The van der Waals surface area contributed by atoms with Gasteiger partial charge in [-0.05, 0) is 32.0 Å². The third-order valence-corrected chi connectivity index (χ3v) is 3.32.